The van der Waals surface area contributed by atoms with Crippen LogP contribution < -0.4 is 11.2 Å². The van der Waals surface area contributed by atoms with Crippen LogP contribution in [0.2, 0.25) is 0 Å². The van der Waals surface area contributed by atoms with Crippen LogP contribution in [-0.4, -0.2) is 31.2 Å². The van der Waals surface area contributed by atoms with E-state index in [1.165, 1.54) is 6.21 Å². The molecule has 2 aromatic heterocycles. The summed E-state index contributed by atoms with van der Waals surface area (Å²) in [4.78, 5) is 29.9. The van der Waals surface area contributed by atoms with E-state index in [-0.39, 0.29) is 11.6 Å². The number of hydrogen-bond donors (Lipinski definition) is 2. The number of aliphatic imine (C=N–C) groups is 1. The molecule has 0 fully saturated rings. The Morgan fingerprint density at radius 2 is 2.13 bits per heavy atom. The molecule has 23 heavy (non-hydrogen) atoms. The minimum atomic E-state index is -0.724. The average molecular weight is 315 g/mol. The normalized spacial score (nSPS) is 11.8. The third-order valence-corrected chi connectivity index (χ3v) is 3.27. The van der Waals surface area contributed by atoms with Crippen LogP contribution in [0, 0.1) is 0 Å². The highest BCUT2D eigenvalue weighted by molar-refractivity contribution is 5.90. The maximum absolute atomic E-state index is 11.9. The van der Waals surface area contributed by atoms with Gasteiger partial charge in [-0.15, -0.1) is 0 Å². The van der Waals surface area contributed by atoms with Crippen molar-refractivity contribution in [3.63, 3.8) is 0 Å². The molecular weight excluding hydrogens is 302 g/mol. The van der Waals surface area contributed by atoms with E-state index in [0.29, 0.717) is 16.7 Å². The number of aromatic amines is 1. The predicted octanol–water partition coefficient (Wildman–Crippen LogP) is 1.11. The summed E-state index contributed by atoms with van der Waals surface area (Å²) in [5.41, 5.74) is -0.153. The minimum absolute atomic E-state index is 0.119. The predicted molar refractivity (Wildman–Crippen MR) is 82.4 cm³/mol. The van der Waals surface area contributed by atoms with Crippen molar-refractivity contribution in [3.05, 3.63) is 44.6 Å². The lowest BCUT2D eigenvalue weighted by molar-refractivity contribution is 0.315. The van der Waals surface area contributed by atoms with Crippen molar-refractivity contribution in [2.24, 2.45) is 4.99 Å². The first-order valence-corrected chi connectivity index (χ1v) is 6.82. The van der Waals surface area contributed by atoms with E-state index in [1.54, 1.807) is 32.0 Å². The molecule has 2 heterocycles. The van der Waals surface area contributed by atoms with Gasteiger partial charge in [0, 0.05) is 12.3 Å². The first-order valence-electron chi connectivity index (χ1n) is 6.82. The summed E-state index contributed by atoms with van der Waals surface area (Å²) in [6, 6.07) is 4.74. The number of benzene rings is 1. The SMILES string of the molecule is CC(C)n1c(O)c(C=Nc2cccc3nonc23)c(=O)[nH]c1=O. The molecule has 0 unspecified atom stereocenters. The smallest absolute Gasteiger partial charge is 0.331 e. The summed E-state index contributed by atoms with van der Waals surface area (Å²) in [6.45, 7) is 3.42. The summed E-state index contributed by atoms with van der Waals surface area (Å²) < 4.78 is 5.71. The number of fused-ring (bicyclic) bond motifs is 1. The molecule has 1 aromatic carbocycles. The lowest BCUT2D eigenvalue weighted by atomic mass is 10.2. The topological polar surface area (TPSA) is 126 Å². The van der Waals surface area contributed by atoms with E-state index in [2.05, 4.69) is 24.9 Å². The number of aromatic hydroxyl groups is 1. The molecule has 0 aliphatic carbocycles. The van der Waals surface area contributed by atoms with Crippen LogP contribution in [0.4, 0.5) is 5.69 Å². The van der Waals surface area contributed by atoms with Gasteiger partial charge in [0.05, 0.1) is 5.69 Å². The molecule has 9 heteroatoms. The second-order valence-corrected chi connectivity index (χ2v) is 5.13. The van der Waals surface area contributed by atoms with E-state index >= 15 is 0 Å². The zero-order valence-corrected chi connectivity index (χ0v) is 12.3. The van der Waals surface area contributed by atoms with Gasteiger partial charge in [0.25, 0.3) is 5.56 Å². The van der Waals surface area contributed by atoms with Crippen molar-refractivity contribution in [1.29, 1.82) is 0 Å². The maximum atomic E-state index is 11.9. The van der Waals surface area contributed by atoms with Gasteiger partial charge < -0.3 is 5.11 Å². The van der Waals surface area contributed by atoms with Gasteiger partial charge in [-0.3, -0.25) is 19.3 Å². The van der Waals surface area contributed by atoms with Crippen LogP contribution in [0.25, 0.3) is 11.0 Å². The van der Waals surface area contributed by atoms with Crippen LogP contribution in [-0.2, 0) is 0 Å². The molecule has 0 saturated carbocycles. The summed E-state index contributed by atoms with van der Waals surface area (Å²) in [6.07, 6.45) is 1.18. The number of nitrogens with one attached hydrogen (secondary N) is 1. The van der Waals surface area contributed by atoms with Crippen molar-refractivity contribution in [2.75, 3.05) is 0 Å². The van der Waals surface area contributed by atoms with Gasteiger partial charge in [-0.25, -0.2) is 9.42 Å². The van der Waals surface area contributed by atoms with Crippen LogP contribution in [0.5, 0.6) is 5.88 Å². The van der Waals surface area contributed by atoms with Gasteiger partial charge in [-0.05, 0) is 36.3 Å². The van der Waals surface area contributed by atoms with Gasteiger partial charge in [-0.2, -0.15) is 0 Å². The van der Waals surface area contributed by atoms with E-state index in [9.17, 15) is 14.7 Å². The van der Waals surface area contributed by atoms with E-state index in [4.69, 9.17) is 0 Å². The monoisotopic (exact) mass is 315 g/mol. The molecule has 0 saturated heterocycles. The van der Waals surface area contributed by atoms with Crippen LogP contribution in [0.3, 0.4) is 0 Å². The van der Waals surface area contributed by atoms with E-state index < -0.39 is 17.1 Å². The second-order valence-electron chi connectivity index (χ2n) is 5.13. The Hall–Kier alpha value is -3.23. The molecule has 0 aliphatic heterocycles. The minimum Gasteiger partial charge on any atom is -0.494 e. The maximum Gasteiger partial charge on any atom is 0.331 e. The van der Waals surface area contributed by atoms with Crippen molar-refractivity contribution in [2.45, 2.75) is 19.9 Å². The Morgan fingerprint density at radius 1 is 1.35 bits per heavy atom. The van der Waals surface area contributed by atoms with Gasteiger partial charge in [0.2, 0.25) is 5.88 Å². The molecule has 0 bridgehead atoms. The number of aromatic nitrogens is 4. The van der Waals surface area contributed by atoms with Crippen LogP contribution >= 0.6 is 0 Å². The molecule has 3 aromatic rings. The van der Waals surface area contributed by atoms with Crippen molar-refractivity contribution >= 4 is 22.9 Å². The van der Waals surface area contributed by atoms with Crippen molar-refractivity contribution in [3.8, 4) is 5.88 Å². The third kappa shape index (κ3) is 2.52. The molecule has 2 N–H and O–H groups in total. The fourth-order valence-corrected chi connectivity index (χ4v) is 2.18. The molecule has 9 nitrogen and oxygen atoms in total. The van der Waals surface area contributed by atoms with E-state index in [1.807, 2.05) is 0 Å². The summed E-state index contributed by atoms with van der Waals surface area (Å²) in [7, 11) is 0. The standard InChI is InChI=1S/C14H13N5O4/c1-7(2)19-13(21)8(12(20)16-14(19)22)6-15-9-4-3-5-10-11(9)18-23-17-10/h3-7,21H,1-2H3,(H,16,20,22). The van der Waals surface area contributed by atoms with Gasteiger partial charge in [0.15, 0.2) is 5.52 Å². The number of H-pyrrole nitrogens is 1. The molecule has 0 amide bonds. The highest BCUT2D eigenvalue weighted by atomic mass is 16.6. The fraction of sp³-hybridized carbons (Fsp3) is 0.214. The number of nitrogens with zero attached hydrogens (tertiary/aromatic N) is 4. The lowest BCUT2D eigenvalue weighted by Crippen LogP contribution is -2.33. The first-order chi connectivity index (χ1) is 11.0. The molecule has 0 spiro atoms. The zero-order chi connectivity index (χ0) is 16.6. The Kier molecular flexibility index (Phi) is 3.53. The first kappa shape index (κ1) is 14.7. The molecular formula is C14H13N5O4. The van der Waals surface area contributed by atoms with Gasteiger partial charge in [-0.1, -0.05) is 6.07 Å². The highest BCUT2D eigenvalue weighted by Crippen LogP contribution is 2.23. The van der Waals surface area contributed by atoms with Crippen molar-refractivity contribution in [1.82, 2.24) is 19.9 Å². The summed E-state index contributed by atoms with van der Waals surface area (Å²) in [5.74, 6) is -0.442. The van der Waals surface area contributed by atoms with Gasteiger partial charge >= 0.3 is 5.69 Å². The number of hydrogen-bond acceptors (Lipinski definition) is 7. The molecule has 0 radical (unpaired) electrons. The molecule has 3 rings (SSSR count). The average Bonchev–Trinajstić information content (AvgIpc) is 2.95. The summed E-state index contributed by atoms with van der Waals surface area (Å²) in [5, 5.41) is 17.6. The third-order valence-electron chi connectivity index (χ3n) is 3.27. The summed E-state index contributed by atoms with van der Waals surface area (Å²) >= 11 is 0. The Labute approximate surface area is 128 Å². The Balaban J connectivity index is 2.13. The number of rotatable bonds is 3. The Bertz CT molecular complexity index is 1010. The van der Waals surface area contributed by atoms with Gasteiger partial charge in [0.1, 0.15) is 11.1 Å². The molecule has 0 atom stereocenters. The van der Waals surface area contributed by atoms with Crippen molar-refractivity contribution < 1.29 is 9.74 Å². The molecule has 0 aliphatic rings. The van der Waals surface area contributed by atoms with E-state index in [0.717, 1.165) is 4.57 Å². The zero-order valence-electron chi connectivity index (χ0n) is 12.3. The second kappa shape index (κ2) is 5.52. The lowest BCUT2D eigenvalue weighted by Gasteiger charge is -2.12. The van der Waals surface area contributed by atoms with Crippen LogP contribution in [0.15, 0.2) is 37.4 Å². The molecule has 118 valence electrons. The van der Waals surface area contributed by atoms with Crippen LogP contribution in [0.1, 0.15) is 25.5 Å². The fourth-order valence-electron chi connectivity index (χ4n) is 2.18. The Morgan fingerprint density at radius 3 is 2.87 bits per heavy atom. The largest absolute Gasteiger partial charge is 0.494 e. The highest BCUT2D eigenvalue weighted by Gasteiger charge is 2.15. The quantitative estimate of drug-likeness (QED) is 0.697.